The third-order valence-corrected chi connectivity index (χ3v) is 7.59. The van der Waals surface area contributed by atoms with Gasteiger partial charge in [-0.25, -0.2) is 18.7 Å². The molecule has 0 unspecified atom stereocenters. The average molecular weight is 625 g/mol. The van der Waals surface area contributed by atoms with Gasteiger partial charge in [0.25, 0.3) is 5.56 Å². The van der Waals surface area contributed by atoms with Gasteiger partial charge >= 0.3 is 0 Å². The number of nitrogens with zero attached hydrogens (tertiary/aromatic N) is 6. The van der Waals surface area contributed by atoms with E-state index in [1.54, 1.807) is 31.4 Å². The predicted molar refractivity (Wildman–Crippen MR) is 173 cm³/mol. The molecule has 1 aliphatic rings. The maximum atomic E-state index is 14.2. The highest BCUT2D eigenvalue weighted by Gasteiger charge is 2.20. The number of ether oxygens (including phenoxy) is 1. The molecule has 3 heterocycles. The Morgan fingerprint density at radius 3 is 2.46 bits per heavy atom. The van der Waals surface area contributed by atoms with Crippen LogP contribution in [-0.4, -0.2) is 70.7 Å². The van der Waals surface area contributed by atoms with Crippen LogP contribution >= 0.6 is 0 Å². The van der Waals surface area contributed by atoms with E-state index in [-0.39, 0.29) is 28.4 Å². The van der Waals surface area contributed by atoms with Gasteiger partial charge in [-0.3, -0.25) is 14.2 Å². The number of likely N-dealkylation sites (N-methyl/N-ethyl adjacent to an activating group) is 1. The van der Waals surface area contributed by atoms with Crippen molar-refractivity contribution in [1.29, 1.82) is 0 Å². The zero-order chi connectivity index (χ0) is 32.4. The smallest absolute Gasteiger partial charge is 0.283 e. The molecule has 1 aliphatic heterocycles. The van der Waals surface area contributed by atoms with E-state index < -0.39 is 23.1 Å². The van der Waals surface area contributed by atoms with E-state index in [9.17, 15) is 18.4 Å². The molecule has 1 amide bonds. The lowest BCUT2D eigenvalue weighted by molar-refractivity contribution is -0.111. The Hall–Kier alpha value is -5.69. The topological polar surface area (TPSA) is 118 Å². The summed E-state index contributed by atoms with van der Waals surface area (Å²) in [7, 11) is 3.68. The van der Waals surface area contributed by atoms with Crippen LogP contribution in [0.1, 0.15) is 0 Å². The molecule has 46 heavy (non-hydrogen) atoms. The standard InChI is InChI=1S/C33H30F2N8O3/c1-4-29(44)37-23-6-5-7-25(17-23)43-31-27(38-30(32(43)45)20-14-21(34)16-22(35)15-20)19-36-33(40-31)39-26-9-8-24(18-28(26)46-3)42-12-10-41(2)11-13-42/h4-9,14-19H,1,10-13H2,2-3H3,(H,37,44)(H,36,39,40). The van der Waals surface area contributed by atoms with Crippen molar-refractivity contribution in [3.05, 3.63) is 102 Å². The number of hydrogen-bond acceptors (Lipinski definition) is 9. The fourth-order valence-electron chi connectivity index (χ4n) is 5.24. The van der Waals surface area contributed by atoms with Crippen LogP contribution in [0.4, 0.5) is 31.8 Å². The first kappa shape index (κ1) is 30.3. The second kappa shape index (κ2) is 12.7. The van der Waals surface area contributed by atoms with Gasteiger partial charge in [-0.2, -0.15) is 4.98 Å². The monoisotopic (exact) mass is 624 g/mol. The van der Waals surface area contributed by atoms with Gasteiger partial charge in [0.05, 0.1) is 24.7 Å². The number of halogens is 2. The van der Waals surface area contributed by atoms with E-state index >= 15 is 0 Å². The fraction of sp³-hybridized carbons (Fsp3) is 0.182. The second-order valence-electron chi connectivity index (χ2n) is 10.7. The first-order valence-corrected chi connectivity index (χ1v) is 14.4. The Labute approximate surface area is 262 Å². The summed E-state index contributed by atoms with van der Waals surface area (Å²) < 4.78 is 35.3. The molecule has 0 atom stereocenters. The molecule has 3 aromatic carbocycles. The Kier molecular flexibility index (Phi) is 8.40. The summed E-state index contributed by atoms with van der Waals surface area (Å²) >= 11 is 0. The van der Waals surface area contributed by atoms with Crippen molar-refractivity contribution in [3.63, 3.8) is 0 Å². The minimum Gasteiger partial charge on any atom is -0.494 e. The number of hydrogen-bond donors (Lipinski definition) is 2. The van der Waals surface area contributed by atoms with Crippen LogP contribution in [0, 0.1) is 11.6 Å². The Morgan fingerprint density at radius 1 is 0.978 bits per heavy atom. The van der Waals surface area contributed by atoms with Crippen molar-refractivity contribution in [3.8, 4) is 22.7 Å². The SMILES string of the molecule is C=CC(=O)Nc1cccc(-n2c(=O)c(-c3cc(F)cc(F)c3)nc3cnc(Nc4ccc(N5CCN(C)CC5)cc4OC)nc32)c1. The van der Waals surface area contributed by atoms with Crippen LogP contribution in [0.3, 0.4) is 0 Å². The molecule has 1 saturated heterocycles. The first-order chi connectivity index (χ1) is 22.2. The van der Waals surface area contributed by atoms with Crippen LogP contribution in [0.25, 0.3) is 28.1 Å². The minimum atomic E-state index is -0.861. The van der Waals surface area contributed by atoms with E-state index in [0.717, 1.165) is 50.1 Å². The normalized spacial score (nSPS) is 13.4. The number of methoxy groups -OCH3 is 1. The highest BCUT2D eigenvalue weighted by atomic mass is 19.1. The van der Waals surface area contributed by atoms with Crippen molar-refractivity contribution in [1.82, 2.24) is 24.4 Å². The number of amides is 1. The summed E-state index contributed by atoms with van der Waals surface area (Å²) in [6, 6.07) is 15.0. The molecular weight excluding hydrogens is 594 g/mol. The third-order valence-electron chi connectivity index (χ3n) is 7.59. The van der Waals surface area contributed by atoms with E-state index in [0.29, 0.717) is 28.9 Å². The number of piperazine rings is 1. The average Bonchev–Trinajstić information content (AvgIpc) is 3.04. The van der Waals surface area contributed by atoms with Crippen LogP contribution in [0.2, 0.25) is 0 Å². The molecule has 0 radical (unpaired) electrons. The molecule has 11 nitrogen and oxygen atoms in total. The molecule has 6 rings (SSSR count). The number of anilines is 4. The minimum absolute atomic E-state index is 0.0540. The van der Waals surface area contributed by atoms with Crippen molar-refractivity contribution in [2.45, 2.75) is 0 Å². The van der Waals surface area contributed by atoms with Crippen molar-refractivity contribution >= 4 is 40.1 Å². The maximum absolute atomic E-state index is 14.2. The molecule has 5 aromatic rings. The predicted octanol–water partition coefficient (Wildman–Crippen LogP) is 4.75. The molecule has 2 aromatic heterocycles. The van der Waals surface area contributed by atoms with Gasteiger partial charge < -0.3 is 25.2 Å². The highest BCUT2D eigenvalue weighted by Crippen LogP contribution is 2.32. The third kappa shape index (κ3) is 6.26. The molecule has 1 fully saturated rings. The Balaban J connectivity index is 1.45. The zero-order valence-electron chi connectivity index (χ0n) is 25.1. The fourth-order valence-corrected chi connectivity index (χ4v) is 5.24. The molecule has 2 N–H and O–H groups in total. The van der Waals surface area contributed by atoms with Gasteiger partial charge in [0.15, 0.2) is 5.65 Å². The summed E-state index contributed by atoms with van der Waals surface area (Å²) in [4.78, 5) is 44.0. The molecule has 0 bridgehead atoms. The number of rotatable bonds is 8. The zero-order valence-corrected chi connectivity index (χ0v) is 25.1. The van der Waals surface area contributed by atoms with Crippen LogP contribution in [-0.2, 0) is 4.79 Å². The second-order valence-corrected chi connectivity index (χ2v) is 10.7. The summed E-state index contributed by atoms with van der Waals surface area (Å²) in [5, 5.41) is 5.84. The number of fused-ring (bicyclic) bond motifs is 1. The van der Waals surface area contributed by atoms with Gasteiger partial charge in [0, 0.05) is 55.2 Å². The maximum Gasteiger partial charge on any atom is 0.283 e. The van der Waals surface area contributed by atoms with Crippen molar-refractivity contribution in [2.75, 3.05) is 55.9 Å². The number of benzene rings is 3. The van der Waals surface area contributed by atoms with E-state index in [4.69, 9.17) is 4.74 Å². The number of aromatic nitrogens is 4. The van der Waals surface area contributed by atoms with E-state index in [1.165, 1.54) is 10.8 Å². The number of carbonyl (C=O) groups is 1. The number of nitrogens with one attached hydrogen (secondary N) is 2. The quantitative estimate of drug-likeness (QED) is 0.236. The molecule has 0 saturated carbocycles. The lowest BCUT2D eigenvalue weighted by Gasteiger charge is -2.34. The van der Waals surface area contributed by atoms with Gasteiger partial charge in [0.2, 0.25) is 11.9 Å². The first-order valence-electron chi connectivity index (χ1n) is 14.4. The summed E-state index contributed by atoms with van der Waals surface area (Å²) in [5.74, 6) is -1.44. The Bertz CT molecular complexity index is 2000. The lowest BCUT2D eigenvalue weighted by Crippen LogP contribution is -2.44. The van der Waals surface area contributed by atoms with Crippen LogP contribution in [0.15, 0.2) is 84.3 Å². The van der Waals surface area contributed by atoms with Gasteiger partial charge in [-0.15, -0.1) is 0 Å². The largest absolute Gasteiger partial charge is 0.494 e. The van der Waals surface area contributed by atoms with E-state index in [1.807, 2.05) is 18.2 Å². The van der Waals surface area contributed by atoms with Crippen LogP contribution in [0.5, 0.6) is 5.75 Å². The summed E-state index contributed by atoms with van der Waals surface area (Å²) in [5.41, 5.74) is 1.67. The molecule has 0 aliphatic carbocycles. The van der Waals surface area contributed by atoms with E-state index in [2.05, 4.69) is 49.0 Å². The molecule has 234 valence electrons. The summed E-state index contributed by atoms with van der Waals surface area (Å²) in [6.45, 7) is 7.18. The molecular formula is C33H30F2N8O3. The van der Waals surface area contributed by atoms with Crippen molar-refractivity contribution in [2.24, 2.45) is 0 Å². The van der Waals surface area contributed by atoms with Crippen molar-refractivity contribution < 1.29 is 18.3 Å². The number of carbonyl (C=O) groups excluding carboxylic acids is 1. The summed E-state index contributed by atoms with van der Waals surface area (Å²) in [6.07, 6.45) is 2.53. The van der Waals surface area contributed by atoms with Crippen LogP contribution < -0.4 is 25.8 Å². The van der Waals surface area contributed by atoms with Gasteiger partial charge in [0.1, 0.15) is 28.6 Å². The molecule has 13 heteroatoms. The molecule has 0 spiro atoms. The van der Waals surface area contributed by atoms with Gasteiger partial charge in [-0.1, -0.05) is 12.6 Å². The Morgan fingerprint density at radius 2 is 1.74 bits per heavy atom. The van der Waals surface area contributed by atoms with Gasteiger partial charge in [-0.05, 0) is 55.6 Å². The lowest BCUT2D eigenvalue weighted by atomic mass is 10.1. The highest BCUT2D eigenvalue weighted by molar-refractivity contribution is 5.99.